The Morgan fingerprint density at radius 2 is 1.95 bits per heavy atom. The Hall–Kier alpha value is -2.04. The molecule has 0 bridgehead atoms. The largest absolute Gasteiger partial charge is 0.480 e. The predicted octanol–water partition coefficient (Wildman–Crippen LogP) is -0.715. The molecular weight excluding hydrogens is 278 g/mol. The fourth-order valence-electron chi connectivity index (χ4n) is 1.12. The van der Waals surface area contributed by atoms with Crippen LogP contribution >= 0.6 is 0 Å². The van der Waals surface area contributed by atoms with Crippen LogP contribution in [-0.2, 0) is 14.8 Å². The number of carbonyl (C=O) groups is 1. The number of benzene rings is 1. The second kappa shape index (κ2) is 5.73. The minimum absolute atomic E-state index is 0.212. The zero-order chi connectivity index (χ0) is 14.6. The van der Waals surface area contributed by atoms with Gasteiger partial charge in [-0.25, -0.2) is 13.1 Å². The molecule has 0 fully saturated rings. The molecule has 0 aliphatic heterocycles. The normalized spacial score (nSPS) is 12.9. The Balaban J connectivity index is 2.83. The Morgan fingerprint density at radius 3 is 2.37 bits per heavy atom. The van der Waals surface area contributed by atoms with Crippen LogP contribution < -0.4 is 10.5 Å². The molecule has 1 unspecified atom stereocenters. The van der Waals surface area contributed by atoms with Gasteiger partial charge in [0.25, 0.3) is 5.69 Å². The van der Waals surface area contributed by atoms with Crippen molar-refractivity contribution in [1.29, 1.82) is 0 Å². The number of hydrogen-bond donors (Lipinski definition) is 3. The first-order chi connectivity index (χ1) is 8.74. The molecule has 1 aromatic rings. The summed E-state index contributed by atoms with van der Waals surface area (Å²) in [5.74, 6) is -1.34. The van der Waals surface area contributed by atoms with E-state index in [9.17, 15) is 23.3 Å². The van der Waals surface area contributed by atoms with E-state index in [1.54, 1.807) is 0 Å². The number of aliphatic carboxylic acids is 1. The summed E-state index contributed by atoms with van der Waals surface area (Å²) in [7, 11) is -3.95. The van der Waals surface area contributed by atoms with Crippen molar-refractivity contribution in [3.05, 3.63) is 34.4 Å². The maximum Gasteiger partial charge on any atom is 0.321 e. The van der Waals surface area contributed by atoms with Crippen molar-refractivity contribution >= 4 is 21.7 Å². The fraction of sp³-hybridized carbons (Fsp3) is 0.222. The molecule has 10 heteroatoms. The molecule has 0 aliphatic rings. The van der Waals surface area contributed by atoms with Gasteiger partial charge in [0.05, 0.1) is 9.82 Å². The highest BCUT2D eigenvalue weighted by atomic mass is 32.2. The van der Waals surface area contributed by atoms with Gasteiger partial charge in [0.2, 0.25) is 10.0 Å². The molecule has 0 amide bonds. The van der Waals surface area contributed by atoms with E-state index in [0.717, 1.165) is 24.3 Å². The first-order valence-corrected chi connectivity index (χ1v) is 6.45. The number of sulfonamides is 1. The summed E-state index contributed by atoms with van der Waals surface area (Å²) in [6, 6.07) is 2.80. The number of nitro groups is 1. The highest BCUT2D eigenvalue weighted by Crippen LogP contribution is 2.15. The number of nitrogens with one attached hydrogen (secondary N) is 1. The van der Waals surface area contributed by atoms with Crippen LogP contribution in [0.5, 0.6) is 0 Å². The molecule has 104 valence electrons. The number of nitrogens with zero attached hydrogens (tertiary/aromatic N) is 1. The third kappa shape index (κ3) is 3.98. The van der Waals surface area contributed by atoms with Crippen LogP contribution in [0, 0.1) is 10.1 Å². The monoisotopic (exact) mass is 289 g/mol. The summed E-state index contributed by atoms with van der Waals surface area (Å²) < 4.78 is 25.4. The van der Waals surface area contributed by atoms with Crippen LogP contribution in [0.3, 0.4) is 0 Å². The van der Waals surface area contributed by atoms with Crippen LogP contribution in [0.15, 0.2) is 29.2 Å². The summed E-state index contributed by atoms with van der Waals surface area (Å²) in [6.45, 7) is -0.478. The van der Waals surface area contributed by atoms with Gasteiger partial charge in [0.1, 0.15) is 6.04 Å². The van der Waals surface area contributed by atoms with E-state index in [4.69, 9.17) is 10.8 Å². The van der Waals surface area contributed by atoms with Gasteiger partial charge in [-0.3, -0.25) is 14.9 Å². The van der Waals surface area contributed by atoms with Gasteiger partial charge in [-0.2, -0.15) is 0 Å². The number of non-ortho nitro benzene ring substituents is 1. The van der Waals surface area contributed by atoms with E-state index in [1.165, 1.54) is 0 Å². The second-order valence-corrected chi connectivity index (χ2v) is 5.31. The standard InChI is InChI=1S/C9H11N3O6S/c10-8(9(13)14)5-11-19(17,18)7-3-1-6(2-4-7)12(15)16/h1-4,8,11H,5,10H2,(H,13,14). The van der Waals surface area contributed by atoms with Gasteiger partial charge >= 0.3 is 5.97 Å². The van der Waals surface area contributed by atoms with Crippen molar-refractivity contribution in [2.75, 3.05) is 6.54 Å². The molecule has 0 heterocycles. The van der Waals surface area contributed by atoms with Crippen LogP contribution in [0.2, 0.25) is 0 Å². The maximum atomic E-state index is 11.7. The quantitative estimate of drug-likeness (QED) is 0.461. The number of carboxylic acids is 1. The topological polar surface area (TPSA) is 153 Å². The molecule has 1 rings (SSSR count). The lowest BCUT2D eigenvalue weighted by Crippen LogP contribution is -2.42. The molecule has 9 nitrogen and oxygen atoms in total. The average molecular weight is 289 g/mol. The Labute approximate surface area is 108 Å². The molecule has 0 aliphatic carbocycles. The van der Waals surface area contributed by atoms with Gasteiger partial charge in [-0.1, -0.05) is 0 Å². The zero-order valence-electron chi connectivity index (χ0n) is 9.52. The molecule has 1 atom stereocenters. The van der Waals surface area contributed by atoms with Crippen LogP contribution in [0.25, 0.3) is 0 Å². The third-order valence-electron chi connectivity index (χ3n) is 2.17. The lowest BCUT2D eigenvalue weighted by molar-refractivity contribution is -0.384. The summed E-state index contributed by atoms with van der Waals surface area (Å²) in [4.78, 5) is 20.0. The molecule has 1 aromatic carbocycles. The van der Waals surface area contributed by atoms with Crippen molar-refractivity contribution in [2.24, 2.45) is 5.73 Å². The average Bonchev–Trinajstić information content (AvgIpc) is 2.36. The molecule has 4 N–H and O–H groups in total. The van der Waals surface area contributed by atoms with E-state index in [2.05, 4.69) is 0 Å². The number of carboxylic acid groups (broad SMARTS) is 1. The van der Waals surface area contributed by atoms with Crippen LogP contribution in [0.1, 0.15) is 0 Å². The third-order valence-corrected chi connectivity index (χ3v) is 3.61. The summed E-state index contributed by atoms with van der Waals surface area (Å²) in [6.07, 6.45) is 0. The molecule has 0 aromatic heterocycles. The van der Waals surface area contributed by atoms with Crippen molar-refractivity contribution in [2.45, 2.75) is 10.9 Å². The Bertz CT molecular complexity index is 582. The second-order valence-electron chi connectivity index (χ2n) is 3.55. The van der Waals surface area contributed by atoms with E-state index >= 15 is 0 Å². The van der Waals surface area contributed by atoms with E-state index in [0.29, 0.717) is 0 Å². The highest BCUT2D eigenvalue weighted by molar-refractivity contribution is 7.89. The van der Waals surface area contributed by atoms with Crippen molar-refractivity contribution < 1.29 is 23.2 Å². The lowest BCUT2D eigenvalue weighted by atomic mass is 10.3. The van der Waals surface area contributed by atoms with Crippen molar-refractivity contribution in [1.82, 2.24) is 4.72 Å². The number of rotatable bonds is 6. The molecule has 0 radical (unpaired) electrons. The lowest BCUT2D eigenvalue weighted by Gasteiger charge is -2.09. The van der Waals surface area contributed by atoms with Crippen LogP contribution in [0.4, 0.5) is 5.69 Å². The number of hydrogen-bond acceptors (Lipinski definition) is 6. The predicted molar refractivity (Wildman–Crippen MR) is 63.9 cm³/mol. The van der Waals surface area contributed by atoms with Crippen molar-refractivity contribution in [3.8, 4) is 0 Å². The van der Waals surface area contributed by atoms with Gasteiger partial charge < -0.3 is 10.8 Å². The van der Waals surface area contributed by atoms with Gasteiger partial charge in [-0.05, 0) is 12.1 Å². The SMILES string of the molecule is NC(CNS(=O)(=O)c1ccc([N+](=O)[O-])cc1)C(=O)O. The fourth-order valence-corrected chi connectivity index (χ4v) is 2.18. The number of nitro benzene ring substituents is 1. The molecule has 0 spiro atoms. The molecule has 0 saturated heterocycles. The summed E-state index contributed by atoms with van der Waals surface area (Å²) in [5.41, 5.74) is 4.90. The van der Waals surface area contributed by atoms with Gasteiger partial charge in [0.15, 0.2) is 0 Å². The van der Waals surface area contributed by atoms with Crippen LogP contribution in [-0.4, -0.2) is 37.0 Å². The Kier molecular flexibility index (Phi) is 4.53. The summed E-state index contributed by atoms with van der Waals surface area (Å²) >= 11 is 0. The first-order valence-electron chi connectivity index (χ1n) is 4.96. The van der Waals surface area contributed by atoms with Gasteiger partial charge in [-0.15, -0.1) is 0 Å². The molecule has 19 heavy (non-hydrogen) atoms. The number of nitrogens with two attached hydrogens (primary N) is 1. The van der Waals surface area contributed by atoms with E-state index < -0.39 is 33.5 Å². The Morgan fingerprint density at radius 1 is 1.42 bits per heavy atom. The van der Waals surface area contributed by atoms with Gasteiger partial charge in [0, 0.05) is 18.7 Å². The zero-order valence-corrected chi connectivity index (χ0v) is 10.3. The van der Waals surface area contributed by atoms with E-state index in [-0.39, 0.29) is 10.6 Å². The summed E-state index contributed by atoms with van der Waals surface area (Å²) in [5, 5.41) is 18.9. The highest BCUT2D eigenvalue weighted by Gasteiger charge is 2.19. The van der Waals surface area contributed by atoms with Crippen molar-refractivity contribution in [3.63, 3.8) is 0 Å². The first kappa shape index (κ1) is 15.0. The van der Waals surface area contributed by atoms with E-state index in [1.807, 2.05) is 4.72 Å². The minimum atomic E-state index is -3.95. The smallest absolute Gasteiger partial charge is 0.321 e. The molecular formula is C9H11N3O6S. The maximum absolute atomic E-state index is 11.7. The molecule has 0 saturated carbocycles. The minimum Gasteiger partial charge on any atom is -0.480 e.